The van der Waals surface area contributed by atoms with Gasteiger partial charge >= 0.3 is 5.97 Å². The number of halogens is 3. The Balaban J connectivity index is 2.75. The van der Waals surface area contributed by atoms with E-state index in [2.05, 4.69) is 0 Å². The van der Waals surface area contributed by atoms with Crippen molar-refractivity contribution in [3.63, 3.8) is 0 Å². The molecule has 2 aromatic carbocycles. The van der Waals surface area contributed by atoms with Gasteiger partial charge in [-0.25, -0.2) is 13.6 Å². The lowest BCUT2D eigenvalue weighted by molar-refractivity contribution is 0.0692. The maximum absolute atomic E-state index is 14.1. The third-order valence-corrected chi connectivity index (χ3v) is 3.00. The maximum Gasteiger partial charge on any atom is 0.338 e. The zero-order valence-corrected chi connectivity index (χ0v) is 10.6. The van der Waals surface area contributed by atoms with Gasteiger partial charge in [-0.05, 0) is 18.6 Å². The molecule has 0 saturated heterocycles. The fourth-order valence-electron chi connectivity index (χ4n) is 1.73. The Bertz CT molecular complexity index is 651. The Hall–Kier alpha value is -1.94. The van der Waals surface area contributed by atoms with Crippen molar-refractivity contribution in [2.75, 3.05) is 0 Å². The molecule has 0 fully saturated rings. The van der Waals surface area contributed by atoms with Crippen LogP contribution in [0.25, 0.3) is 11.1 Å². The first-order valence-electron chi connectivity index (χ1n) is 5.39. The molecule has 19 heavy (non-hydrogen) atoms. The molecule has 0 aliphatic heterocycles. The quantitative estimate of drug-likeness (QED) is 0.834. The highest BCUT2D eigenvalue weighted by Gasteiger charge is 2.22. The van der Waals surface area contributed by atoms with E-state index in [1.54, 1.807) is 12.1 Å². The van der Waals surface area contributed by atoms with Gasteiger partial charge in [-0.2, -0.15) is 0 Å². The van der Waals surface area contributed by atoms with Crippen LogP contribution in [0.1, 0.15) is 15.9 Å². The van der Waals surface area contributed by atoms with Crippen LogP contribution >= 0.6 is 11.6 Å². The summed E-state index contributed by atoms with van der Waals surface area (Å²) in [5.74, 6) is -3.58. The summed E-state index contributed by atoms with van der Waals surface area (Å²) in [5, 5.41) is 8.45. The standard InChI is InChI=1S/C14H9ClF2O2/c1-7-2-4-8(5-3-7)11-12(16)9(14(18)19)6-10(15)13(11)17/h2-6H,1H3,(H,18,19). The third-order valence-electron chi connectivity index (χ3n) is 2.73. The summed E-state index contributed by atoms with van der Waals surface area (Å²) >= 11 is 5.61. The number of carbonyl (C=O) groups is 1. The summed E-state index contributed by atoms with van der Waals surface area (Å²) in [7, 11) is 0. The van der Waals surface area contributed by atoms with Crippen LogP contribution in [-0.2, 0) is 0 Å². The Labute approximate surface area is 113 Å². The second-order valence-electron chi connectivity index (χ2n) is 4.08. The molecule has 0 atom stereocenters. The van der Waals surface area contributed by atoms with Gasteiger partial charge in [-0.15, -0.1) is 0 Å². The van der Waals surface area contributed by atoms with Crippen LogP contribution < -0.4 is 0 Å². The van der Waals surface area contributed by atoms with E-state index < -0.39 is 33.8 Å². The zero-order valence-electron chi connectivity index (χ0n) is 9.88. The highest BCUT2D eigenvalue weighted by molar-refractivity contribution is 6.31. The van der Waals surface area contributed by atoms with Crippen molar-refractivity contribution in [2.24, 2.45) is 0 Å². The predicted octanol–water partition coefficient (Wildman–Crippen LogP) is 4.29. The number of benzene rings is 2. The van der Waals surface area contributed by atoms with E-state index >= 15 is 0 Å². The molecule has 0 bridgehead atoms. The van der Waals surface area contributed by atoms with E-state index in [-0.39, 0.29) is 5.56 Å². The van der Waals surface area contributed by atoms with Gasteiger partial charge in [0.2, 0.25) is 0 Å². The monoisotopic (exact) mass is 282 g/mol. The first-order chi connectivity index (χ1) is 8.91. The van der Waals surface area contributed by atoms with Crippen molar-refractivity contribution in [1.29, 1.82) is 0 Å². The van der Waals surface area contributed by atoms with Crippen LogP contribution in [0.15, 0.2) is 30.3 Å². The van der Waals surface area contributed by atoms with Crippen molar-refractivity contribution in [2.45, 2.75) is 6.92 Å². The van der Waals surface area contributed by atoms with E-state index in [1.807, 2.05) is 6.92 Å². The number of aromatic carboxylic acids is 1. The molecule has 2 rings (SSSR count). The van der Waals surface area contributed by atoms with Crippen molar-refractivity contribution in [3.05, 3.63) is 58.1 Å². The Morgan fingerprint density at radius 2 is 1.74 bits per heavy atom. The molecule has 0 radical (unpaired) electrons. The van der Waals surface area contributed by atoms with Crippen LogP contribution in [0.3, 0.4) is 0 Å². The largest absolute Gasteiger partial charge is 0.478 e. The first kappa shape index (κ1) is 13.5. The predicted molar refractivity (Wildman–Crippen MR) is 68.5 cm³/mol. The van der Waals surface area contributed by atoms with Crippen molar-refractivity contribution >= 4 is 17.6 Å². The van der Waals surface area contributed by atoms with Crippen LogP contribution in [0, 0.1) is 18.6 Å². The zero-order chi connectivity index (χ0) is 14.2. The fraction of sp³-hybridized carbons (Fsp3) is 0.0714. The fourth-order valence-corrected chi connectivity index (χ4v) is 1.94. The minimum absolute atomic E-state index is 0.241. The van der Waals surface area contributed by atoms with Crippen molar-refractivity contribution in [1.82, 2.24) is 0 Å². The second-order valence-corrected chi connectivity index (χ2v) is 4.49. The molecule has 0 heterocycles. The average Bonchev–Trinajstić information content (AvgIpc) is 2.36. The lowest BCUT2D eigenvalue weighted by Crippen LogP contribution is -2.04. The van der Waals surface area contributed by atoms with Crippen LogP contribution in [0.4, 0.5) is 8.78 Å². The number of rotatable bonds is 2. The van der Waals surface area contributed by atoms with E-state index in [0.29, 0.717) is 0 Å². The highest BCUT2D eigenvalue weighted by atomic mass is 35.5. The second kappa shape index (κ2) is 4.97. The summed E-state index contributed by atoms with van der Waals surface area (Å²) in [6.45, 7) is 1.83. The third kappa shape index (κ3) is 2.44. The minimum Gasteiger partial charge on any atom is -0.478 e. The number of hydrogen-bond donors (Lipinski definition) is 1. The molecule has 1 N–H and O–H groups in total. The topological polar surface area (TPSA) is 37.3 Å². The van der Waals surface area contributed by atoms with Crippen LogP contribution in [-0.4, -0.2) is 11.1 Å². The smallest absolute Gasteiger partial charge is 0.338 e. The molecule has 2 nitrogen and oxygen atoms in total. The van der Waals surface area contributed by atoms with Gasteiger partial charge in [-0.3, -0.25) is 0 Å². The van der Waals surface area contributed by atoms with Crippen molar-refractivity contribution in [3.8, 4) is 11.1 Å². The van der Waals surface area contributed by atoms with Gasteiger partial charge in [-0.1, -0.05) is 41.4 Å². The maximum atomic E-state index is 14.1. The summed E-state index contributed by atoms with van der Waals surface area (Å²) in [6.07, 6.45) is 0. The molecule has 0 saturated carbocycles. The highest BCUT2D eigenvalue weighted by Crippen LogP contribution is 2.33. The molecule has 0 amide bonds. The number of carboxylic acids is 1. The molecular weight excluding hydrogens is 274 g/mol. The normalized spacial score (nSPS) is 10.5. The lowest BCUT2D eigenvalue weighted by atomic mass is 10.0. The summed E-state index contributed by atoms with van der Waals surface area (Å²) in [4.78, 5) is 10.9. The molecule has 2 aromatic rings. The van der Waals surface area contributed by atoms with E-state index in [4.69, 9.17) is 16.7 Å². The molecule has 0 aliphatic rings. The molecule has 0 aromatic heterocycles. The molecular formula is C14H9ClF2O2. The molecule has 5 heteroatoms. The van der Waals surface area contributed by atoms with Crippen LogP contribution in [0.2, 0.25) is 5.02 Å². The summed E-state index contributed by atoms with van der Waals surface area (Å²) in [6, 6.07) is 7.15. The first-order valence-corrected chi connectivity index (χ1v) is 5.77. The van der Waals surface area contributed by atoms with Gasteiger partial charge < -0.3 is 5.11 Å². The minimum atomic E-state index is -1.49. The number of aryl methyl sites for hydroxylation is 1. The lowest BCUT2D eigenvalue weighted by Gasteiger charge is -2.09. The Kier molecular flexibility index (Phi) is 3.53. The Morgan fingerprint density at radius 1 is 1.16 bits per heavy atom. The number of hydrogen-bond acceptors (Lipinski definition) is 1. The SMILES string of the molecule is Cc1ccc(-c2c(F)c(Cl)cc(C(=O)O)c2F)cc1. The van der Waals surface area contributed by atoms with E-state index in [0.717, 1.165) is 11.6 Å². The van der Waals surface area contributed by atoms with Gasteiger partial charge in [0, 0.05) is 0 Å². The summed E-state index contributed by atoms with van der Waals surface area (Å²) < 4.78 is 28.0. The van der Waals surface area contributed by atoms with Gasteiger partial charge in [0.05, 0.1) is 16.1 Å². The van der Waals surface area contributed by atoms with Crippen LogP contribution in [0.5, 0.6) is 0 Å². The average molecular weight is 283 g/mol. The molecule has 0 spiro atoms. The van der Waals surface area contributed by atoms with Gasteiger partial charge in [0.15, 0.2) is 5.82 Å². The molecule has 98 valence electrons. The van der Waals surface area contributed by atoms with Crippen molar-refractivity contribution < 1.29 is 18.7 Å². The summed E-state index contributed by atoms with van der Waals surface area (Å²) in [5.41, 5.74) is 0.0857. The van der Waals surface area contributed by atoms with E-state index in [1.165, 1.54) is 12.1 Å². The van der Waals surface area contributed by atoms with E-state index in [9.17, 15) is 13.6 Å². The molecule has 0 aliphatic carbocycles. The van der Waals surface area contributed by atoms with Gasteiger partial charge in [0.1, 0.15) is 5.82 Å². The molecule has 0 unspecified atom stereocenters. The number of carboxylic acid groups (broad SMARTS) is 1. The van der Waals surface area contributed by atoms with Gasteiger partial charge in [0.25, 0.3) is 0 Å². The Morgan fingerprint density at radius 3 is 2.26 bits per heavy atom.